The normalized spacial score (nSPS) is 26.7. The van der Waals surface area contributed by atoms with E-state index in [1.165, 1.54) is 0 Å². The Kier molecular flexibility index (Phi) is 13.3. The number of aliphatic hydroxyl groups excluding tert-OH is 1. The average Bonchev–Trinajstić information content (AvgIpc) is 2.87. The second kappa shape index (κ2) is 15.4. The number of aliphatic hydroxyl groups is 1. The van der Waals surface area contributed by atoms with Crippen molar-refractivity contribution in [1.29, 1.82) is 0 Å². The van der Waals surface area contributed by atoms with Crippen LogP contribution in [0.25, 0.3) is 0 Å². The van der Waals surface area contributed by atoms with Crippen LogP contribution in [0.5, 0.6) is 0 Å². The van der Waals surface area contributed by atoms with Crippen molar-refractivity contribution < 1.29 is 24.6 Å². The van der Waals surface area contributed by atoms with Gasteiger partial charge in [-0.15, -0.1) is 0 Å². The first-order valence-corrected chi connectivity index (χ1v) is 15.4. The third-order valence-electron chi connectivity index (χ3n) is 9.93. The van der Waals surface area contributed by atoms with E-state index in [1.54, 1.807) is 13.8 Å². The van der Waals surface area contributed by atoms with Crippen LogP contribution in [-0.4, -0.2) is 34.4 Å². The number of Topliss-reactive ketones (excluding diaryl/α,β-unsaturated/α-hetero) is 2. The fourth-order valence-corrected chi connectivity index (χ4v) is 6.59. The molecule has 2 aliphatic carbocycles. The first-order chi connectivity index (χ1) is 17.5. The van der Waals surface area contributed by atoms with Crippen molar-refractivity contribution in [1.82, 2.24) is 0 Å². The standard InChI is InChI=1S/C32H56O5/c1-5-32(4,23-33)22-9-7-14-25-16-11-18-27(29(25)35)20-12-19-26-17-10-15-24(28(26)34)13-6-8-21-31(2,3)30(36)37/h24-27,33H,5-23H2,1-4H3,(H,36,37). The van der Waals surface area contributed by atoms with E-state index in [4.69, 9.17) is 0 Å². The molecular formula is C32H56O5. The van der Waals surface area contributed by atoms with E-state index in [-0.39, 0.29) is 35.7 Å². The second-order valence-electron chi connectivity index (χ2n) is 13.4. The Morgan fingerprint density at radius 1 is 0.730 bits per heavy atom. The molecule has 5 unspecified atom stereocenters. The maximum Gasteiger partial charge on any atom is 0.309 e. The predicted molar refractivity (Wildman–Crippen MR) is 149 cm³/mol. The fourth-order valence-electron chi connectivity index (χ4n) is 6.59. The van der Waals surface area contributed by atoms with E-state index in [2.05, 4.69) is 13.8 Å². The minimum atomic E-state index is -0.748. The lowest BCUT2D eigenvalue weighted by Crippen LogP contribution is -2.30. The first kappa shape index (κ1) is 32.0. The van der Waals surface area contributed by atoms with Crippen LogP contribution in [0, 0.1) is 34.5 Å². The van der Waals surface area contributed by atoms with Crippen LogP contribution in [0.4, 0.5) is 0 Å². The predicted octanol–water partition coefficient (Wildman–Crippen LogP) is 7.77. The molecule has 0 bridgehead atoms. The average molecular weight is 521 g/mol. The molecule has 2 N–H and O–H groups in total. The largest absolute Gasteiger partial charge is 0.481 e. The Morgan fingerprint density at radius 3 is 1.51 bits per heavy atom. The highest BCUT2D eigenvalue weighted by Crippen LogP contribution is 2.36. The van der Waals surface area contributed by atoms with Crippen LogP contribution in [-0.2, 0) is 14.4 Å². The van der Waals surface area contributed by atoms with Crippen molar-refractivity contribution in [3.8, 4) is 0 Å². The van der Waals surface area contributed by atoms with Crippen molar-refractivity contribution in [3.05, 3.63) is 0 Å². The Hall–Kier alpha value is -1.23. The molecule has 2 fully saturated rings. The SMILES string of the molecule is CCC(C)(CO)CCCCC1CCCC(CCCC2CCCC(CCCCC(C)(C)C(=O)O)C2=O)C1=O. The Morgan fingerprint density at radius 2 is 1.14 bits per heavy atom. The number of rotatable bonds is 17. The van der Waals surface area contributed by atoms with E-state index in [0.29, 0.717) is 18.0 Å². The number of aliphatic carboxylic acids is 1. The molecule has 0 aromatic heterocycles. The molecule has 2 rings (SSSR count). The maximum absolute atomic E-state index is 13.1. The zero-order valence-electron chi connectivity index (χ0n) is 24.4. The van der Waals surface area contributed by atoms with Crippen LogP contribution in [0.3, 0.4) is 0 Å². The van der Waals surface area contributed by atoms with Crippen molar-refractivity contribution >= 4 is 17.5 Å². The number of carbonyl (C=O) groups is 3. The molecule has 0 spiro atoms. The van der Waals surface area contributed by atoms with E-state index in [1.807, 2.05) is 0 Å². The van der Waals surface area contributed by atoms with Gasteiger partial charge < -0.3 is 10.2 Å². The highest BCUT2D eigenvalue weighted by molar-refractivity contribution is 5.84. The van der Waals surface area contributed by atoms with Crippen LogP contribution in [0.15, 0.2) is 0 Å². The molecule has 37 heavy (non-hydrogen) atoms. The summed E-state index contributed by atoms with van der Waals surface area (Å²) < 4.78 is 0. The molecule has 0 amide bonds. The lowest BCUT2D eigenvalue weighted by molar-refractivity contribution is -0.147. The molecule has 5 atom stereocenters. The molecule has 0 saturated heterocycles. The van der Waals surface area contributed by atoms with Crippen molar-refractivity contribution in [2.45, 2.75) is 143 Å². The number of carboxylic acid groups (broad SMARTS) is 1. The van der Waals surface area contributed by atoms with Gasteiger partial charge in [-0.25, -0.2) is 0 Å². The van der Waals surface area contributed by atoms with Crippen LogP contribution < -0.4 is 0 Å². The van der Waals surface area contributed by atoms with Crippen LogP contribution >= 0.6 is 0 Å². The molecular weight excluding hydrogens is 464 g/mol. The van der Waals surface area contributed by atoms with Gasteiger partial charge in [-0.3, -0.25) is 14.4 Å². The molecule has 5 heteroatoms. The zero-order valence-corrected chi connectivity index (χ0v) is 24.4. The van der Waals surface area contributed by atoms with Gasteiger partial charge in [-0.05, 0) is 89.9 Å². The fraction of sp³-hybridized carbons (Fsp3) is 0.906. The van der Waals surface area contributed by atoms with Gasteiger partial charge in [-0.2, -0.15) is 0 Å². The molecule has 0 aliphatic heterocycles. The molecule has 2 saturated carbocycles. The summed E-state index contributed by atoms with van der Waals surface area (Å²) in [6, 6.07) is 0. The van der Waals surface area contributed by atoms with Crippen molar-refractivity contribution in [3.63, 3.8) is 0 Å². The number of carbonyl (C=O) groups excluding carboxylic acids is 2. The van der Waals surface area contributed by atoms with Crippen molar-refractivity contribution in [2.24, 2.45) is 34.5 Å². The number of hydrogen-bond acceptors (Lipinski definition) is 4. The van der Waals surface area contributed by atoms with Crippen LogP contribution in [0.1, 0.15) is 143 Å². The smallest absolute Gasteiger partial charge is 0.309 e. The maximum atomic E-state index is 13.1. The molecule has 214 valence electrons. The summed E-state index contributed by atoms with van der Waals surface area (Å²) in [6.45, 7) is 8.08. The number of hydrogen-bond donors (Lipinski definition) is 2. The molecule has 0 aromatic rings. The van der Waals surface area contributed by atoms with Gasteiger partial charge in [0.05, 0.1) is 5.41 Å². The van der Waals surface area contributed by atoms with Gasteiger partial charge in [0.1, 0.15) is 11.6 Å². The summed E-state index contributed by atoms with van der Waals surface area (Å²) >= 11 is 0. The molecule has 5 nitrogen and oxygen atoms in total. The van der Waals surface area contributed by atoms with Gasteiger partial charge in [0, 0.05) is 30.3 Å². The molecule has 0 heterocycles. The Balaban J connectivity index is 1.69. The van der Waals surface area contributed by atoms with E-state index in [9.17, 15) is 24.6 Å². The first-order valence-electron chi connectivity index (χ1n) is 15.4. The third kappa shape index (κ3) is 10.1. The topological polar surface area (TPSA) is 91.7 Å². The summed E-state index contributed by atoms with van der Waals surface area (Å²) in [5.41, 5.74) is -0.670. The minimum absolute atomic E-state index is 0.0198. The second-order valence-corrected chi connectivity index (χ2v) is 13.4. The molecule has 2 aliphatic rings. The highest BCUT2D eigenvalue weighted by Gasteiger charge is 2.33. The van der Waals surface area contributed by atoms with Gasteiger partial charge >= 0.3 is 5.97 Å². The number of carboxylic acids is 1. The summed E-state index contributed by atoms with van der Waals surface area (Å²) in [5, 5.41) is 18.9. The lowest BCUT2D eigenvalue weighted by atomic mass is 9.73. The van der Waals surface area contributed by atoms with E-state index in [0.717, 1.165) is 109 Å². The lowest BCUT2D eigenvalue weighted by Gasteiger charge is -2.30. The van der Waals surface area contributed by atoms with E-state index >= 15 is 0 Å². The van der Waals surface area contributed by atoms with Gasteiger partial charge in [0.2, 0.25) is 0 Å². The number of ketones is 2. The third-order valence-corrected chi connectivity index (χ3v) is 9.93. The Bertz CT molecular complexity index is 723. The summed E-state index contributed by atoms with van der Waals surface area (Å²) in [4.78, 5) is 37.5. The van der Waals surface area contributed by atoms with Gasteiger partial charge in [-0.1, -0.05) is 58.8 Å². The van der Waals surface area contributed by atoms with Crippen LogP contribution in [0.2, 0.25) is 0 Å². The molecule has 0 aromatic carbocycles. The quantitative estimate of drug-likeness (QED) is 0.191. The van der Waals surface area contributed by atoms with Gasteiger partial charge in [0.25, 0.3) is 0 Å². The monoisotopic (exact) mass is 520 g/mol. The summed E-state index contributed by atoms with van der Waals surface area (Å²) in [7, 11) is 0. The van der Waals surface area contributed by atoms with E-state index < -0.39 is 11.4 Å². The summed E-state index contributed by atoms with van der Waals surface area (Å²) in [6.07, 6.45) is 17.6. The minimum Gasteiger partial charge on any atom is -0.481 e. The van der Waals surface area contributed by atoms with Gasteiger partial charge in [0.15, 0.2) is 0 Å². The number of unbranched alkanes of at least 4 members (excludes halogenated alkanes) is 2. The zero-order chi connectivity index (χ0) is 27.5. The highest BCUT2D eigenvalue weighted by atomic mass is 16.4. The molecule has 0 radical (unpaired) electrons. The van der Waals surface area contributed by atoms with Crippen molar-refractivity contribution in [2.75, 3.05) is 6.61 Å². The summed E-state index contributed by atoms with van der Waals surface area (Å²) in [5.74, 6) is 0.858. The Labute approximate surface area is 226 Å².